The summed E-state index contributed by atoms with van der Waals surface area (Å²) < 4.78 is 0. The second-order valence-corrected chi connectivity index (χ2v) is 10.6. The standard InChI is InChI=1S/C28H26Cl2N4O/c29-22-8-5-19(6-9-22)26-28(17-34(26)16-21-3-1-2-4-23(21)30)11-13-33(14-12-28)27(35)20-7-10-24-25(15-20)32-18-31-24/h1-10,15,18,26H,11-14,16-17H2,(H,31,32). The van der Waals surface area contributed by atoms with Crippen LogP contribution >= 0.6 is 23.2 Å². The molecule has 2 fully saturated rings. The van der Waals surface area contributed by atoms with Crippen molar-refractivity contribution in [1.82, 2.24) is 19.8 Å². The smallest absolute Gasteiger partial charge is 0.253 e. The number of benzene rings is 3. The number of hydrogen-bond donors (Lipinski definition) is 1. The predicted octanol–water partition coefficient (Wildman–Crippen LogP) is 6.35. The zero-order valence-corrected chi connectivity index (χ0v) is 20.8. The van der Waals surface area contributed by atoms with Crippen molar-refractivity contribution in [2.45, 2.75) is 25.4 Å². The van der Waals surface area contributed by atoms with Gasteiger partial charge in [0.25, 0.3) is 5.91 Å². The number of fused-ring (bicyclic) bond motifs is 1. The molecule has 1 unspecified atom stereocenters. The van der Waals surface area contributed by atoms with Gasteiger partial charge in [0.05, 0.1) is 17.4 Å². The fourth-order valence-electron chi connectivity index (χ4n) is 5.90. The van der Waals surface area contributed by atoms with E-state index in [2.05, 4.69) is 33.1 Å². The molecule has 1 spiro atoms. The maximum Gasteiger partial charge on any atom is 0.253 e. The number of piperidine rings is 1. The molecule has 5 nitrogen and oxygen atoms in total. The molecule has 0 aliphatic carbocycles. The second kappa shape index (κ2) is 8.98. The fraction of sp³-hybridized carbons (Fsp3) is 0.286. The topological polar surface area (TPSA) is 52.2 Å². The number of hydrogen-bond acceptors (Lipinski definition) is 3. The summed E-state index contributed by atoms with van der Waals surface area (Å²) in [5.41, 5.74) is 5.03. The van der Waals surface area contributed by atoms with Crippen molar-refractivity contribution in [3.8, 4) is 0 Å². The molecule has 6 rings (SSSR count). The molecular formula is C28H26Cl2N4O. The maximum absolute atomic E-state index is 13.3. The van der Waals surface area contributed by atoms with E-state index in [1.165, 1.54) is 5.56 Å². The van der Waals surface area contributed by atoms with Gasteiger partial charge in [-0.25, -0.2) is 4.98 Å². The number of carbonyl (C=O) groups excluding carboxylic acids is 1. The van der Waals surface area contributed by atoms with E-state index < -0.39 is 0 Å². The van der Waals surface area contributed by atoms with Crippen molar-refractivity contribution >= 4 is 40.1 Å². The molecule has 3 heterocycles. The molecule has 178 valence electrons. The fourth-order valence-corrected chi connectivity index (χ4v) is 6.22. The SMILES string of the molecule is O=C(c1ccc2nc[nH]c2c1)N1CCC2(CC1)CN(Cc1ccccc1Cl)C2c1ccc(Cl)cc1. The van der Waals surface area contributed by atoms with Gasteiger partial charge < -0.3 is 9.88 Å². The van der Waals surface area contributed by atoms with Gasteiger partial charge in [0.15, 0.2) is 0 Å². The first-order chi connectivity index (χ1) is 17.0. The zero-order chi connectivity index (χ0) is 24.0. The third-order valence-electron chi connectivity index (χ3n) is 7.69. The van der Waals surface area contributed by atoms with Crippen molar-refractivity contribution in [1.29, 1.82) is 0 Å². The van der Waals surface area contributed by atoms with E-state index in [9.17, 15) is 4.79 Å². The Morgan fingerprint density at radius 2 is 1.80 bits per heavy atom. The Hall–Kier alpha value is -2.86. The van der Waals surface area contributed by atoms with Gasteiger partial charge in [-0.05, 0) is 60.4 Å². The molecule has 0 radical (unpaired) electrons. The molecule has 0 saturated carbocycles. The van der Waals surface area contributed by atoms with Gasteiger partial charge in [0.2, 0.25) is 0 Å². The molecule has 7 heteroatoms. The van der Waals surface area contributed by atoms with Crippen LogP contribution < -0.4 is 0 Å². The van der Waals surface area contributed by atoms with E-state index in [-0.39, 0.29) is 17.4 Å². The maximum atomic E-state index is 13.3. The van der Waals surface area contributed by atoms with Gasteiger partial charge in [-0.15, -0.1) is 0 Å². The summed E-state index contributed by atoms with van der Waals surface area (Å²) in [7, 11) is 0. The number of H-pyrrole nitrogens is 1. The molecule has 1 atom stereocenters. The van der Waals surface area contributed by atoms with Crippen LogP contribution in [0.15, 0.2) is 73.1 Å². The summed E-state index contributed by atoms with van der Waals surface area (Å²) in [6, 6.07) is 22.3. The average Bonchev–Trinajstić information content (AvgIpc) is 3.34. The van der Waals surface area contributed by atoms with E-state index in [0.717, 1.165) is 65.7 Å². The number of carbonyl (C=O) groups is 1. The largest absolute Gasteiger partial charge is 0.345 e. The molecule has 4 aromatic rings. The monoisotopic (exact) mass is 504 g/mol. The third kappa shape index (κ3) is 4.12. The minimum atomic E-state index is 0.0895. The lowest BCUT2D eigenvalue weighted by Crippen LogP contribution is -2.62. The minimum absolute atomic E-state index is 0.0895. The van der Waals surface area contributed by atoms with Gasteiger partial charge in [-0.2, -0.15) is 0 Å². The Balaban J connectivity index is 1.21. The summed E-state index contributed by atoms with van der Waals surface area (Å²) in [5.74, 6) is 0.0895. The van der Waals surface area contributed by atoms with Crippen molar-refractivity contribution in [3.05, 3.63) is 99.8 Å². The van der Waals surface area contributed by atoms with E-state index in [1.807, 2.05) is 53.4 Å². The molecular weight excluding hydrogens is 479 g/mol. The van der Waals surface area contributed by atoms with E-state index >= 15 is 0 Å². The first-order valence-electron chi connectivity index (χ1n) is 12.0. The highest BCUT2D eigenvalue weighted by molar-refractivity contribution is 6.31. The summed E-state index contributed by atoms with van der Waals surface area (Å²) in [5, 5.41) is 1.55. The number of aromatic amines is 1. The van der Waals surface area contributed by atoms with E-state index in [1.54, 1.807) is 6.33 Å². The number of nitrogens with zero attached hydrogens (tertiary/aromatic N) is 3. The van der Waals surface area contributed by atoms with Crippen LogP contribution in [-0.4, -0.2) is 45.3 Å². The summed E-state index contributed by atoms with van der Waals surface area (Å²) in [4.78, 5) is 25.1. The van der Waals surface area contributed by atoms with Crippen LogP contribution in [0, 0.1) is 5.41 Å². The minimum Gasteiger partial charge on any atom is -0.345 e. The van der Waals surface area contributed by atoms with Gasteiger partial charge in [-0.1, -0.05) is 53.5 Å². The lowest BCUT2D eigenvalue weighted by Gasteiger charge is -2.61. The lowest BCUT2D eigenvalue weighted by atomic mass is 9.63. The highest BCUT2D eigenvalue weighted by Gasteiger charge is 2.54. The third-order valence-corrected chi connectivity index (χ3v) is 8.31. The van der Waals surface area contributed by atoms with Gasteiger partial charge in [0, 0.05) is 53.2 Å². The molecule has 35 heavy (non-hydrogen) atoms. The van der Waals surface area contributed by atoms with Crippen molar-refractivity contribution in [2.75, 3.05) is 19.6 Å². The van der Waals surface area contributed by atoms with Crippen LogP contribution in [0.5, 0.6) is 0 Å². The normalized spacial score (nSPS) is 19.7. The van der Waals surface area contributed by atoms with Crippen LogP contribution in [0.3, 0.4) is 0 Å². The summed E-state index contributed by atoms with van der Waals surface area (Å²) in [6.45, 7) is 3.31. The second-order valence-electron chi connectivity index (χ2n) is 9.74. The van der Waals surface area contributed by atoms with Crippen LogP contribution in [-0.2, 0) is 6.54 Å². The molecule has 3 aromatic carbocycles. The number of halogens is 2. The van der Waals surface area contributed by atoms with E-state index in [4.69, 9.17) is 23.2 Å². The van der Waals surface area contributed by atoms with Gasteiger partial charge >= 0.3 is 0 Å². The van der Waals surface area contributed by atoms with Crippen molar-refractivity contribution < 1.29 is 4.79 Å². The zero-order valence-electron chi connectivity index (χ0n) is 19.3. The molecule has 1 aromatic heterocycles. The number of aromatic nitrogens is 2. The highest BCUT2D eigenvalue weighted by Crippen LogP contribution is 2.55. The lowest BCUT2D eigenvalue weighted by molar-refractivity contribution is -0.113. The van der Waals surface area contributed by atoms with Crippen LogP contribution in [0.1, 0.15) is 40.4 Å². The summed E-state index contributed by atoms with van der Waals surface area (Å²) in [6.07, 6.45) is 3.60. The Bertz CT molecular complexity index is 1380. The predicted molar refractivity (Wildman–Crippen MR) is 140 cm³/mol. The Labute approximate surface area is 214 Å². The highest BCUT2D eigenvalue weighted by atomic mass is 35.5. The first-order valence-corrected chi connectivity index (χ1v) is 12.7. The number of amides is 1. The van der Waals surface area contributed by atoms with E-state index in [0.29, 0.717) is 5.56 Å². The molecule has 2 saturated heterocycles. The average molecular weight is 505 g/mol. The van der Waals surface area contributed by atoms with Crippen molar-refractivity contribution in [3.63, 3.8) is 0 Å². The van der Waals surface area contributed by atoms with Gasteiger partial charge in [-0.3, -0.25) is 9.69 Å². The molecule has 1 N–H and O–H groups in total. The Kier molecular flexibility index (Phi) is 5.79. The van der Waals surface area contributed by atoms with Crippen molar-refractivity contribution in [2.24, 2.45) is 5.41 Å². The number of likely N-dealkylation sites (tertiary alicyclic amines) is 2. The van der Waals surface area contributed by atoms with Gasteiger partial charge in [0.1, 0.15) is 0 Å². The quantitative estimate of drug-likeness (QED) is 0.352. The number of imidazole rings is 1. The summed E-state index contributed by atoms with van der Waals surface area (Å²) >= 11 is 12.7. The van der Waals surface area contributed by atoms with Crippen LogP contribution in [0.2, 0.25) is 10.0 Å². The van der Waals surface area contributed by atoms with Crippen LogP contribution in [0.25, 0.3) is 11.0 Å². The molecule has 2 aliphatic heterocycles. The number of nitrogens with one attached hydrogen (secondary N) is 1. The molecule has 2 aliphatic rings. The number of rotatable bonds is 4. The Morgan fingerprint density at radius 3 is 2.57 bits per heavy atom. The molecule has 0 bridgehead atoms. The van der Waals surface area contributed by atoms with Crippen LogP contribution in [0.4, 0.5) is 0 Å². The molecule has 1 amide bonds. The first kappa shape index (κ1) is 22.6. The Morgan fingerprint density at radius 1 is 1.03 bits per heavy atom.